The van der Waals surface area contributed by atoms with E-state index < -0.39 is 0 Å². The predicted octanol–water partition coefficient (Wildman–Crippen LogP) is 1.36. The van der Waals surface area contributed by atoms with Crippen molar-refractivity contribution in [3.63, 3.8) is 0 Å². The average molecular weight is 385 g/mol. The number of benzene rings is 1. The number of nitrogens with zero attached hydrogens (tertiary/aromatic N) is 7. The number of aryl methyl sites for hydroxylation is 2. The summed E-state index contributed by atoms with van der Waals surface area (Å²) in [6.07, 6.45) is 0. The summed E-state index contributed by atoms with van der Waals surface area (Å²) in [5.74, 6) is 0.765. The standard InChI is InChI=1S/C18H20FN7O2/c1-12-17(13(2)28-21-12)18(27)25-8-6-24(7-9-25)11-16-20-22-23-26(16)15-5-3-4-14(19)10-15/h3-5,10H,6-9,11H2,1-2H3. The lowest BCUT2D eigenvalue weighted by Gasteiger charge is -2.34. The van der Waals surface area contributed by atoms with Crippen LogP contribution in [0.2, 0.25) is 0 Å². The predicted molar refractivity (Wildman–Crippen MR) is 96.3 cm³/mol. The molecule has 1 fully saturated rings. The smallest absolute Gasteiger partial charge is 0.259 e. The maximum Gasteiger partial charge on any atom is 0.259 e. The minimum atomic E-state index is -0.342. The second kappa shape index (κ2) is 7.47. The zero-order valence-electron chi connectivity index (χ0n) is 15.7. The molecule has 1 aliphatic heterocycles. The van der Waals surface area contributed by atoms with E-state index >= 15 is 0 Å². The van der Waals surface area contributed by atoms with Crippen LogP contribution < -0.4 is 0 Å². The fourth-order valence-electron chi connectivity index (χ4n) is 3.37. The van der Waals surface area contributed by atoms with Crippen LogP contribution in [0.1, 0.15) is 27.6 Å². The first-order chi connectivity index (χ1) is 13.5. The third-order valence-corrected chi connectivity index (χ3v) is 4.86. The first-order valence-electron chi connectivity index (χ1n) is 9.00. The lowest BCUT2D eigenvalue weighted by molar-refractivity contribution is 0.0622. The molecule has 4 rings (SSSR count). The Bertz CT molecular complexity index is 972. The molecular formula is C18H20FN7O2. The molecule has 9 nitrogen and oxygen atoms in total. The fourth-order valence-corrected chi connectivity index (χ4v) is 3.37. The summed E-state index contributed by atoms with van der Waals surface area (Å²) in [4.78, 5) is 16.7. The van der Waals surface area contributed by atoms with Crippen LogP contribution in [0.25, 0.3) is 5.69 Å². The van der Waals surface area contributed by atoms with Gasteiger partial charge >= 0.3 is 0 Å². The van der Waals surface area contributed by atoms with E-state index in [9.17, 15) is 9.18 Å². The van der Waals surface area contributed by atoms with E-state index in [0.29, 0.717) is 61.3 Å². The number of halogens is 1. The van der Waals surface area contributed by atoms with Crippen LogP contribution in [0.4, 0.5) is 4.39 Å². The third-order valence-electron chi connectivity index (χ3n) is 4.86. The van der Waals surface area contributed by atoms with E-state index in [1.807, 2.05) is 0 Å². The lowest BCUT2D eigenvalue weighted by Crippen LogP contribution is -2.48. The van der Waals surface area contributed by atoms with Crippen molar-refractivity contribution in [2.45, 2.75) is 20.4 Å². The Balaban J connectivity index is 1.41. The SMILES string of the molecule is Cc1noc(C)c1C(=O)N1CCN(Cc2nnnn2-c2cccc(F)c2)CC1. The van der Waals surface area contributed by atoms with Crippen molar-refractivity contribution >= 4 is 5.91 Å². The van der Waals surface area contributed by atoms with Gasteiger partial charge in [-0.25, -0.2) is 4.39 Å². The summed E-state index contributed by atoms with van der Waals surface area (Å²) in [6.45, 7) is 6.57. The van der Waals surface area contributed by atoms with Crippen molar-refractivity contribution in [1.29, 1.82) is 0 Å². The van der Waals surface area contributed by atoms with Gasteiger partial charge in [-0.3, -0.25) is 9.69 Å². The third kappa shape index (κ3) is 3.50. The quantitative estimate of drug-likeness (QED) is 0.669. The minimum Gasteiger partial charge on any atom is -0.361 e. The highest BCUT2D eigenvalue weighted by Crippen LogP contribution is 2.17. The molecule has 1 saturated heterocycles. The number of carbonyl (C=O) groups is 1. The minimum absolute atomic E-state index is 0.0551. The molecule has 0 aliphatic carbocycles. The average Bonchev–Trinajstić information content (AvgIpc) is 3.28. The molecule has 0 bridgehead atoms. The van der Waals surface area contributed by atoms with E-state index in [1.54, 1.807) is 30.9 Å². The normalized spacial score (nSPS) is 15.2. The Hall–Kier alpha value is -3.14. The first kappa shape index (κ1) is 18.2. The molecule has 0 N–H and O–H groups in total. The molecule has 0 atom stereocenters. The topological polar surface area (TPSA) is 93.2 Å². The number of piperazine rings is 1. The van der Waals surface area contributed by atoms with Crippen LogP contribution >= 0.6 is 0 Å². The van der Waals surface area contributed by atoms with Crippen molar-refractivity contribution in [3.8, 4) is 5.69 Å². The van der Waals surface area contributed by atoms with Crippen LogP contribution in [0.15, 0.2) is 28.8 Å². The van der Waals surface area contributed by atoms with Gasteiger partial charge in [0.1, 0.15) is 17.1 Å². The van der Waals surface area contributed by atoms with Crippen LogP contribution in [-0.2, 0) is 6.54 Å². The van der Waals surface area contributed by atoms with Crippen molar-refractivity contribution in [1.82, 2.24) is 35.2 Å². The van der Waals surface area contributed by atoms with Crippen molar-refractivity contribution in [2.24, 2.45) is 0 Å². The molecule has 1 aliphatic rings. The number of hydrogen-bond donors (Lipinski definition) is 0. The van der Waals surface area contributed by atoms with Gasteiger partial charge < -0.3 is 9.42 Å². The van der Waals surface area contributed by atoms with Gasteiger partial charge in [-0.1, -0.05) is 11.2 Å². The highest BCUT2D eigenvalue weighted by atomic mass is 19.1. The van der Waals surface area contributed by atoms with Crippen molar-refractivity contribution in [2.75, 3.05) is 26.2 Å². The Kier molecular flexibility index (Phi) is 4.86. The first-order valence-corrected chi connectivity index (χ1v) is 9.00. The molecule has 146 valence electrons. The maximum absolute atomic E-state index is 13.5. The van der Waals surface area contributed by atoms with Crippen LogP contribution in [-0.4, -0.2) is 67.2 Å². The number of hydrogen-bond acceptors (Lipinski definition) is 7. The van der Waals surface area contributed by atoms with Gasteiger partial charge in [0.25, 0.3) is 5.91 Å². The molecule has 1 aromatic carbocycles. The molecule has 10 heteroatoms. The molecule has 0 saturated carbocycles. The Morgan fingerprint density at radius 1 is 1.21 bits per heavy atom. The molecule has 28 heavy (non-hydrogen) atoms. The van der Waals surface area contributed by atoms with Gasteiger partial charge in [-0.15, -0.1) is 5.10 Å². The monoisotopic (exact) mass is 385 g/mol. The lowest BCUT2D eigenvalue weighted by atomic mass is 10.1. The zero-order chi connectivity index (χ0) is 19.7. The summed E-state index contributed by atoms with van der Waals surface area (Å²) in [7, 11) is 0. The highest BCUT2D eigenvalue weighted by molar-refractivity contribution is 5.96. The van der Waals surface area contributed by atoms with Gasteiger partial charge in [-0.05, 0) is 42.5 Å². The number of rotatable bonds is 4. The second-order valence-corrected chi connectivity index (χ2v) is 6.75. The van der Waals surface area contributed by atoms with Crippen LogP contribution in [0.3, 0.4) is 0 Å². The van der Waals surface area contributed by atoms with E-state index in [2.05, 4.69) is 25.6 Å². The largest absolute Gasteiger partial charge is 0.361 e. The summed E-state index contributed by atoms with van der Waals surface area (Å²) < 4.78 is 20.1. The molecule has 3 heterocycles. The molecule has 0 radical (unpaired) electrons. The number of aromatic nitrogens is 5. The van der Waals surface area contributed by atoms with E-state index in [4.69, 9.17) is 4.52 Å². The van der Waals surface area contributed by atoms with E-state index in [1.165, 1.54) is 16.8 Å². The van der Waals surface area contributed by atoms with Gasteiger partial charge in [0.05, 0.1) is 17.9 Å². The highest BCUT2D eigenvalue weighted by Gasteiger charge is 2.27. The van der Waals surface area contributed by atoms with Crippen molar-refractivity contribution in [3.05, 3.63) is 52.9 Å². The van der Waals surface area contributed by atoms with Gasteiger partial charge in [-0.2, -0.15) is 4.68 Å². The Morgan fingerprint density at radius 2 is 2.00 bits per heavy atom. The summed E-state index contributed by atoms with van der Waals surface area (Å²) in [5.41, 5.74) is 1.73. The summed E-state index contributed by atoms with van der Waals surface area (Å²) >= 11 is 0. The van der Waals surface area contributed by atoms with Gasteiger partial charge in [0, 0.05) is 26.2 Å². The molecule has 0 unspecified atom stereocenters. The van der Waals surface area contributed by atoms with E-state index in [-0.39, 0.29) is 11.7 Å². The second-order valence-electron chi connectivity index (χ2n) is 6.75. The molecule has 0 spiro atoms. The maximum atomic E-state index is 13.5. The Labute approximate surface area is 160 Å². The molecular weight excluding hydrogens is 365 g/mol. The van der Waals surface area contributed by atoms with Crippen molar-refractivity contribution < 1.29 is 13.7 Å². The Morgan fingerprint density at radius 3 is 2.68 bits per heavy atom. The van der Waals surface area contributed by atoms with Crippen LogP contribution in [0, 0.1) is 19.7 Å². The summed E-state index contributed by atoms with van der Waals surface area (Å²) in [6, 6.07) is 6.14. The zero-order valence-corrected chi connectivity index (χ0v) is 15.7. The van der Waals surface area contributed by atoms with Gasteiger partial charge in [0.2, 0.25) is 0 Å². The molecule has 1 amide bonds. The summed E-state index contributed by atoms with van der Waals surface area (Å²) in [5, 5.41) is 15.6. The number of tetrazole rings is 1. The fraction of sp³-hybridized carbons (Fsp3) is 0.389. The van der Waals surface area contributed by atoms with Gasteiger partial charge in [0.15, 0.2) is 5.82 Å². The molecule has 3 aromatic rings. The number of amides is 1. The molecule has 2 aromatic heterocycles. The van der Waals surface area contributed by atoms with E-state index in [0.717, 1.165) is 0 Å². The number of carbonyl (C=O) groups excluding carboxylic acids is 1. The van der Waals surface area contributed by atoms with Crippen LogP contribution in [0.5, 0.6) is 0 Å².